The number of carbonyl (C=O) groups is 2. The predicted octanol–water partition coefficient (Wildman–Crippen LogP) is 5.74. The minimum atomic E-state index is -0.214. The van der Waals surface area contributed by atoms with Gasteiger partial charge < -0.3 is 35.3 Å². The molecule has 45 heavy (non-hydrogen) atoms. The molecule has 232 valence electrons. The number of benzene rings is 3. The number of ether oxygens (including phenoxy) is 1. The topological polar surface area (TPSA) is 134 Å². The van der Waals surface area contributed by atoms with Crippen molar-refractivity contribution in [1.82, 2.24) is 19.4 Å². The lowest BCUT2D eigenvalue weighted by Crippen LogP contribution is -2.17. The van der Waals surface area contributed by atoms with Crippen LogP contribution in [0.3, 0.4) is 0 Å². The van der Waals surface area contributed by atoms with Crippen LogP contribution in [0.2, 0.25) is 0 Å². The van der Waals surface area contributed by atoms with Gasteiger partial charge in [-0.15, -0.1) is 0 Å². The number of phenolic OH excluding ortho intramolecular Hbond substituents is 1. The number of aromatic nitrogens is 3. The van der Waals surface area contributed by atoms with Crippen LogP contribution >= 0.6 is 0 Å². The van der Waals surface area contributed by atoms with E-state index in [4.69, 9.17) is 9.72 Å². The van der Waals surface area contributed by atoms with Crippen LogP contribution in [-0.2, 0) is 11.3 Å². The van der Waals surface area contributed by atoms with Gasteiger partial charge in [-0.05, 0) is 63.0 Å². The summed E-state index contributed by atoms with van der Waals surface area (Å²) in [6.45, 7) is 3.42. The summed E-state index contributed by atoms with van der Waals surface area (Å²) in [5.74, 6) is 0.677. The van der Waals surface area contributed by atoms with Crippen molar-refractivity contribution in [2.45, 2.75) is 19.9 Å². The number of hydrogen-bond acceptors (Lipinski definition) is 9. The van der Waals surface area contributed by atoms with E-state index in [0.717, 1.165) is 29.4 Å². The number of nitrogens with one attached hydrogen (secondary N) is 3. The number of fused-ring (bicyclic) bond motifs is 1. The first-order valence-electron chi connectivity index (χ1n) is 14.6. The van der Waals surface area contributed by atoms with E-state index >= 15 is 0 Å². The molecule has 11 nitrogen and oxygen atoms in total. The third-order valence-corrected chi connectivity index (χ3v) is 7.37. The molecule has 0 fully saturated rings. The molecule has 2 aromatic heterocycles. The number of aromatic hydroxyl groups is 1. The van der Waals surface area contributed by atoms with Gasteiger partial charge in [0.25, 0.3) is 0 Å². The van der Waals surface area contributed by atoms with Gasteiger partial charge in [-0.3, -0.25) is 9.59 Å². The fraction of sp³-hybridized carbons (Fsp3) is 0.235. The molecule has 0 aliphatic rings. The number of aldehydes is 1. The molecule has 1 amide bonds. The predicted molar refractivity (Wildman–Crippen MR) is 178 cm³/mol. The Bertz CT molecular complexity index is 1830. The Kier molecular flexibility index (Phi) is 9.59. The molecule has 0 saturated heterocycles. The molecule has 0 spiro atoms. The normalized spacial score (nSPS) is 11.0. The zero-order valence-corrected chi connectivity index (χ0v) is 25.8. The van der Waals surface area contributed by atoms with Crippen LogP contribution in [0, 0.1) is 0 Å². The minimum Gasteiger partial charge on any atom is -0.507 e. The van der Waals surface area contributed by atoms with Crippen molar-refractivity contribution in [3.63, 3.8) is 0 Å². The minimum absolute atomic E-state index is 0.0477. The summed E-state index contributed by atoms with van der Waals surface area (Å²) >= 11 is 0. The van der Waals surface area contributed by atoms with Crippen molar-refractivity contribution in [2.24, 2.45) is 0 Å². The third kappa shape index (κ3) is 7.05. The Hall–Kier alpha value is -5.42. The first kappa shape index (κ1) is 31.0. The highest BCUT2D eigenvalue weighted by molar-refractivity contribution is 5.99. The van der Waals surface area contributed by atoms with Gasteiger partial charge >= 0.3 is 0 Å². The first-order chi connectivity index (χ1) is 21.8. The summed E-state index contributed by atoms with van der Waals surface area (Å²) in [5.41, 5.74) is 5.30. The zero-order chi connectivity index (χ0) is 31.9. The van der Waals surface area contributed by atoms with Crippen LogP contribution in [0.25, 0.3) is 22.2 Å². The van der Waals surface area contributed by atoms with Crippen LogP contribution in [-0.4, -0.2) is 71.0 Å². The molecule has 0 radical (unpaired) electrons. The molecule has 0 saturated carbocycles. The second-order valence-electron chi connectivity index (χ2n) is 10.9. The number of phenols is 1. The molecular weight excluding hydrogens is 570 g/mol. The molecule has 5 rings (SSSR count). The second-order valence-corrected chi connectivity index (χ2v) is 10.9. The Labute approximate surface area is 261 Å². The highest BCUT2D eigenvalue weighted by Gasteiger charge is 2.18. The molecule has 4 N–H and O–H groups in total. The summed E-state index contributed by atoms with van der Waals surface area (Å²) in [7, 11) is 5.66. The maximum atomic E-state index is 12.1. The highest BCUT2D eigenvalue weighted by atomic mass is 16.5. The summed E-state index contributed by atoms with van der Waals surface area (Å²) in [5, 5.41) is 20.9. The Balaban J connectivity index is 1.53. The number of amides is 1. The van der Waals surface area contributed by atoms with Crippen LogP contribution in [0.1, 0.15) is 29.3 Å². The lowest BCUT2D eigenvalue weighted by atomic mass is 10.1. The van der Waals surface area contributed by atoms with Crippen molar-refractivity contribution < 1.29 is 19.4 Å². The first-order valence-corrected chi connectivity index (χ1v) is 14.6. The summed E-state index contributed by atoms with van der Waals surface area (Å²) in [6.07, 6.45) is 5.24. The number of methoxy groups -OCH3 is 1. The molecule has 0 bridgehead atoms. The van der Waals surface area contributed by atoms with Gasteiger partial charge in [-0.2, -0.15) is 0 Å². The van der Waals surface area contributed by atoms with Gasteiger partial charge in [0.1, 0.15) is 17.2 Å². The molecule has 0 aliphatic heterocycles. The van der Waals surface area contributed by atoms with E-state index in [-0.39, 0.29) is 17.2 Å². The Morgan fingerprint density at radius 2 is 1.89 bits per heavy atom. The van der Waals surface area contributed by atoms with Crippen molar-refractivity contribution >= 4 is 46.1 Å². The summed E-state index contributed by atoms with van der Waals surface area (Å²) in [6, 6.07) is 18.4. The van der Waals surface area contributed by atoms with E-state index in [1.54, 1.807) is 31.5 Å². The number of anilines is 4. The van der Waals surface area contributed by atoms with Gasteiger partial charge in [-0.1, -0.05) is 30.3 Å². The third-order valence-electron chi connectivity index (χ3n) is 7.37. The van der Waals surface area contributed by atoms with Crippen LogP contribution in [0.5, 0.6) is 11.5 Å². The number of para-hydroxylation sites is 1. The lowest BCUT2D eigenvalue weighted by molar-refractivity contribution is -0.114. The average molecular weight is 608 g/mol. The summed E-state index contributed by atoms with van der Waals surface area (Å²) in [4.78, 5) is 35.3. The van der Waals surface area contributed by atoms with E-state index < -0.39 is 0 Å². The molecular formula is C34H37N7O4. The molecule has 0 atom stereocenters. The van der Waals surface area contributed by atoms with E-state index in [1.807, 2.05) is 61.3 Å². The molecule has 3 aromatic carbocycles. The van der Waals surface area contributed by atoms with Crippen molar-refractivity contribution in [2.75, 3.05) is 50.2 Å². The fourth-order valence-electron chi connectivity index (χ4n) is 5.28. The van der Waals surface area contributed by atoms with Gasteiger partial charge in [0.15, 0.2) is 6.29 Å². The Morgan fingerprint density at radius 1 is 1.07 bits per heavy atom. The largest absolute Gasteiger partial charge is 0.507 e. The van der Waals surface area contributed by atoms with E-state index in [9.17, 15) is 14.7 Å². The fourth-order valence-corrected chi connectivity index (χ4v) is 5.28. The molecule has 0 aliphatic carbocycles. The number of rotatable bonds is 13. The van der Waals surface area contributed by atoms with Crippen LogP contribution < -0.4 is 20.7 Å². The smallest absolute Gasteiger partial charge is 0.227 e. The average Bonchev–Trinajstić information content (AvgIpc) is 3.39. The van der Waals surface area contributed by atoms with Crippen LogP contribution in [0.15, 0.2) is 73.1 Å². The maximum absolute atomic E-state index is 12.1. The molecule has 5 aromatic rings. The Morgan fingerprint density at radius 3 is 2.64 bits per heavy atom. The highest BCUT2D eigenvalue weighted by Crippen LogP contribution is 2.40. The van der Waals surface area contributed by atoms with E-state index in [2.05, 4.69) is 25.8 Å². The summed E-state index contributed by atoms with van der Waals surface area (Å²) < 4.78 is 7.71. The maximum Gasteiger partial charge on any atom is 0.227 e. The van der Waals surface area contributed by atoms with Gasteiger partial charge in [0.05, 0.1) is 29.7 Å². The quantitative estimate of drug-likeness (QED) is 0.0977. The SMILES string of the molecule is COc1ccc(NC(C)=O)c(Nc2nccc(-c3cn(Cc4cccc(O)c4C=O)c4ccccc34)n2)c1NCCCN(C)C. The molecule has 11 heteroatoms. The van der Waals surface area contributed by atoms with Crippen LogP contribution in [0.4, 0.5) is 23.0 Å². The van der Waals surface area contributed by atoms with Crippen molar-refractivity contribution in [3.05, 3.63) is 84.2 Å². The van der Waals surface area contributed by atoms with Crippen molar-refractivity contribution in [3.8, 4) is 22.8 Å². The van der Waals surface area contributed by atoms with Gasteiger partial charge in [0, 0.05) is 48.9 Å². The number of carbonyl (C=O) groups excluding carboxylic acids is 2. The van der Waals surface area contributed by atoms with Gasteiger partial charge in [-0.25, -0.2) is 9.97 Å². The lowest BCUT2D eigenvalue weighted by Gasteiger charge is -2.20. The van der Waals surface area contributed by atoms with Crippen molar-refractivity contribution in [1.29, 1.82) is 0 Å². The number of nitrogens with zero attached hydrogens (tertiary/aromatic N) is 4. The molecule has 2 heterocycles. The zero-order valence-electron chi connectivity index (χ0n) is 25.8. The van der Waals surface area contributed by atoms with E-state index in [1.165, 1.54) is 13.0 Å². The van der Waals surface area contributed by atoms with Gasteiger partial charge in [0.2, 0.25) is 11.9 Å². The second kappa shape index (κ2) is 13.9. The van der Waals surface area contributed by atoms with E-state index in [0.29, 0.717) is 59.4 Å². The monoisotopic (exact) mass is 607 g/mol. The standard InChI is InChI=1S/C34H37N7O4/c1-22(43)37-28-13-14-31(45-4)33(35-16-8-18-40(2)3)32(28)39-34-36-17-15-27(38-34)25-20-41(29-11-6-5-10-24(25)29)19-23-9-7-12-30(44)26(23)21-42/h5-7,9-15,17,20-21,35,44H,8,16,18-19H2,1-4H3,(H,37,43)(H,36,38,39). The molecule has 0 unspecified atom stereocenters. The number of hydrogen-bond donors (Lipinski definition) is 4.